The number of hydrogen-bond acceptors (Lipinski definition) is 5. The van der Waals surface area contributed by atoms with Crippen molar-refractivity contribution in [2.75, 3.05) is 29.9 Å². The molecule has 0 aromatic heterocycles. The summed E-state index contributed by atoms with van der Waals surface area (Å²) in [6.45, 7) is 3.92. The van der Waals surface area contributed by atoms with E-state index in [-0.39, 0.29) is 36.7 Å². The highest BCUT2D eigenvalue weighted by Crippen LogP contribution is 2.28. The molecule has 1 saturated heterocycles. The number of nitrogens with one attached hydrogen (secondary N) is 2. The molecule has 1 heterocycles. The maximum Gasteiger partial charge on any atom is 0.306 e. The second-order valence-corrected chi connectivity index (χ2v) is 8.09. The number of rotatable bonds is 8. The molecule has 0 bridgehead atoms. The summed E-state index contributed by atoms with van der Waals surface area (Å²) in [5, 5.41) is 6.01. The van der Waals surface area contributed by atoms with Gasteiger partial charge in [-0.3, -0.25) is 14.4 Å². The van der Waals surface area contributed by atoms with Crippen molar-refractivity contribution in [3.05, 3.63) is 23.8 Å². The maximum absolute atomic E-state index is 13.1. The van der Waals surface area contributed by atoms with Crippen LogP contribution in [0.1, 0.15) is 75.1 Å². The van der Waals surface area contributed by atoms with E-state index in [1.807, 2.05) is 12.1 Å². The van der Waals surface area contributed by atoms with E-state index in [1.54, 1.807) is 13.0 Å². The molecule has 1 saturated carbocycles. The molecule has 0 unspecified atom stereocenters. The number of nitrogens with zero attached hydrogens (tertiary/aromatic N) is 1. The molecule has 164 valence electrons. The number of carbonyl (C=O) groups excluding carboxylic acids is 3. The first kappa shape index (κ1) is 22.1. The molecule has 2 N–H and O–H groups in total. The van der Waals surface area contributed by atoms with Crippen molar-refractivity contribution in [3.8, 4) is 0 Å². The molecule has 1 aromatic rings. The molecule has 2 fully saturated rings. The van der Waals surface area contributed by atoms with Crippen molar-refractivity contribution < 1.29 is 19.1 Å². The summed E-state index contributed by atoms with van der Waals surface area (Å²) in [4.78, 5) is 39.0. The summed E-state index contributed by atoms with van der Waals surface area (Å²) in [7, 11) is 0. The fourth-order valence-corrected chi connectivity index (χ4v) is 4.21. The molecule has 1 aliphatic heterocycles. The van der Waals surface area contributed by atoms with Gasteiger partial charge in [0.05, 0.1) is 18.6 Å². The van der Waals surface area contributed by atoms with Gasteiger partial charge in [-0.25, -0.2) is 0 Å². The molecular weight excluding hydrogens is 382 g/mol. The minimum absolute atomic E-state index is 0.0422. The Labute approximate surface area is 178 Å². The van der Waals surface area contributed by atoms with E-state index in [0.717, 1.165) is 57.3 Å². The monoisotopic (exact) mass is 415 g/mol. The predicted octanol–water partition coefficient (Wildman–Crippen LogP) is 3.63. The summed E-state index contributed by atoms with van der Waals surface area (Å²) >= 11 is 0. The van der Waals surface area contributed by atoms with E-state index < -0.39 is 0 Å². The van der Waals surface area contributed by atoms with Crippen molar-refractivity contribution in [2.24, 2.45) is 0 Å². The lowest BCUT2D eigenvalue weighted by Crippen LogP contribution is -2.37. The molecule has 7 nitrogen and oxygen atoms in total. The molecule has 7 heteroatoms. The van der Waals surface area contributed by atoms with E-state index in [2.05, 4.69) is 15.5 Å². The minimum Gasteiger partial charge on any atom is -0.466 e. The zero-order valence-electron chi connectivity index (χ0n) is 17.9. The smallest absolute Gasteiger partial charge is 0.306 e. The van der Waals surface area contributed by atoms with Crippen LogP contribution >= 0.6 is 0 Å². The molecule has 30 heavy (non-hydrogen) atoms. The summed E-state index contributed by atoms with van der Waals surface area (Å²) in [6.07, 6.45) is 7.92. The van der Waals surface area contributed by atoms with Crippen LogP contribution in [0.25, 0.3) is 0 Å². The molecule has 3 rings (SSSR count). The highest BCUT2D eigenvalue weighted by atomic mass is 16.5. The standard InChI is InChI=1S/C23H33N3O4/c1-2-30-22(28)13-12-21(27)24-18-10-11-20(26-14-6-7-15-26)19(16-18)23(29)25-17-8-4-3-5-9-17/h10-11,16-17H,2-9,12-15H2,1H3,(H,24,27)(H,25,29). The lowest BCUT2D eigenvalue weighted by atomic mass is 9.95. The van der Waals surface area contributed by atoms with Gasteiger partial charge in [0.15, 0.2) is 0 Å². The van der Waals surface area contributed by atoms with Crippen LogP contribution in [0.15, 0.2) is 18.2 Å². The fourth-order valence-electron chi connectivity index (χ4n) is 4.21. The quantitative estimate of drug-likeness (QED) is 0.633. The van der Waals surface area contributed by atoms with Crippen molar-refractivity contribution in [1.29, 1.82) is 0 Å². The number of ether oxygens (including phenoxy) is 1. The Balaban J connectivity index is 1.70. The molecule has 1 aliphatic carbocycles. The Morgan fingerprint density at radius 2 is 1.77 bits per heavy atom. The number of esters is 1. The van der Waals surface area contributed by atoms with E-state index in [9.17, 15) is 14.4 Å². The number of amides is 2. The number of anilines is 2. The third-order valence-electron chi connectivity index (χ3n) is 5.77. The van der Waals surface area contributed by atoms with Gasteiger partial charge in [-0.1, -0.05) is 19.3 Å². The molecular formula is C23H33N3O4. The van der Waals surface area contributed by atoms with Gasteiger partial charge in [-0.2, -0.15) is 0 Å². The summed E-state index contributed by atoms with van der Waals surface area (Å²) < 4.78 is 4.86. The third-order valence-corrected chi connectivity index (χ3v) is 5.77. The SMILES string of the molecule is CCOC(=O)CCC(=O)Nc1ccc(N2CCCC2)c(C(=O)NC2CCCCC2)c1. The maximum atomic E-state index is 13.1. The first-order valence-electron chi connectivity index (χ1n) is 11.2. The number of hydrogen-bond donors (Lipinski definition) is 2. The highest BCUT2D eigenvalue weighted by molar-refractivity contribution is 6.02. The Bertz CT molecular complexity index is 753. The second-order valence-electron chi connectivity index (χ2n) is 8.09. The predicted molar refractivity (Wildman–Crippen MR) is 117 cm³/mol. The largest absolute Gasteiger partial charge is 0.466 e. The van der Waals surface area contributed by atoms with E-state index in [4.69, 9.17) is 4.74 Å². The van der Waals surface area contributed by atoms with Crippen LogP contribution in [0.3, 0.4) is 0 Å². The molecule has 2 aliphatic rings. The van der Waals surface area contributed by atoms with Crippen LogP contribution < -0.4 is 15.5 Å². The molecule has 2 amide bonds. The van der Waals surface area contributed by atoms with Gasteiger partial charge in [0.25, 0.3) is 5.91 Å². The highest BCUT2D eigenvalue weighted by Gasteiger charge is 2.23. The van der Waals surface area contributed by atoms with Crippen molar-refractivity contribution in [2.45, 2.75) is 70.8 Å². The Morgan fingerprint density at radius 1 is 1.03 bits per heavy atom. The van der Waals surface area contributed by atoms with Crippen LogP contribution in [-0.4, -0.2) is 43.5 Å². The Kier molecular flexibility index (Phi) is 8.11. The van der Waals surface area contributed by atoms with Crippen LogP contribution in [0.2, 0.25) is 0 Å². The van der Waals surface area contributed by atoms with Crippen LogP contribution in [0, 0.1) is 0 Å². The van der Waals surface area contributed by atoms with Crippen LogP contribution in [0.4, 0.5) is 11.4 Å². The number of benzene rings is 1. The summed E-state index contributed by atoms with van der Waals surface area (Å²) in [6, 6.07) is 5.73. The average molecular weight is 416 g/mol. The van der Waals surface area contributed by atoms with Crippen LogP contribution in [0.5, 0.6) is 0 Å². The number of carbonyl (C=O) groups is 3. The molecule has 0 atom stereocenters. The Hall–Kier alpha value is -2.57. The van der Waals surface area contributed by atoms with Gasteiger partial charge >= 0.3 is 5.97 Å². The Morgan fingerprint density at radius 3 is 2.47 bits per heavy atom. The minimum atomic E-state index is -0.385. The first-order valence-corrected chi connectivity index (χ1v) is 11.2. The second kappa shape index (κ2) is 11.0. The van der Waals surface area contributed by atoms with E-state index in [1.165, 1.54) is 6.42 Å². The third kappa shape index (κ3) is 6.21. The first-order chi connectivity index (χ1) is 14.6. The lowest BCUT2D eigenvalue weighted by molar-refractivity contribution is -0.144. The van der Waals surface area contributed by atoms with Gasteiger partial charge in [0.2, 0.25) is 5.91 Å². The molecule has 1 aromatic carbocycles. The van der Waals surface area contributed by atoms with Gasteiger partial charge in [0.1, 0.15) is 0 Å². The zero-order valence-corrected chi connectivity index (χ0v) is 17.9. The molecule has 0 spiro atoms. The molecule has 0 radical (unpaired) electrons. The summed E-state index contributed by atoms with van der Waals surface area (Å²) in [5.41, 5.74) is 2.09. The van der Waals surface area contributed by atoms with Crippen molar-refractivity contribution >= 4 is 29.2 Å². The van der Waals surface area contributed by atoms with Crippen molar-refractivity contribution in [1.82, 2.24) is 5.32 Å². The zero-order chi connectivity index (χ0) is 21.3. The lowest BCUT2D eigenvalue weighted by Gasteiger charge is -2.25. The van der Waals surface area contributed by atoms with Gasteiger partial charge in [-0.05, 0) is 50.8 Å². The topological polar surface area (TPSA) is 87.7 Å². The van der Waals surface area contributed by atoms with Gasteiger partial charge in [0, 0.05) is 36.9 Å². The van der Waals surface area contributed by atoms with E-state index in [0.29, 0.717) is 17.9 Å². The van der Waals surface area contributed by atoms with E-state index >= 15 is 0 Å². The van der Waals surface area contributed by atoms with Gasteiger partial charge in [-0.15, -0.1) is 0 Å². The average Bonchev–Trinajstić information content (AvgIpc) is 3.28. The van der Waals surface area contributed by atoms with Crippen LogP contribution in [-0.2, 0) is 14.3 Å². The van der Waals surface area contributed by atoms with Crippen molar-refractivity contribution in [3.63, 3.8) is 0 Å². The fraction of sp³-hybridized carbons (Fsp3) is 0.609. The van der Waals surface area contributed by atoms with Gasteiger partial charge < -0.3 is 20.3 Å². The summed E-state index contributed by atoms with van der Waals surface area (Å²) in [5.74, 6) is -0.730. The normalized spacial score (nSPS) is 16.9.